The molecule has 2 unspecified atom stereocenters. The minimum Gasteiger partial charge on any atom is -0.354 e. The first kappa shape index (κ1) is 10.9. The third-order valence-corrected chi connectivity index (χ3v) is 4.68. The number of hydrogen-bond donors (Lipinski definition) is 1. The normalized spacial score (nSPS) is 28.8. The van der Waals surface area contributed by atoms with Crippen molar-refractivity contribution in [1.29, 1.82) is 0 Å². The number of alkyl halides is 1. The maximum absolute atomic E-state index is 11.7. The van der Waals surface area contributed by atoms with Gasteiger partial charge in [0.15, 0.2) is 0 Å². The maximum atomic E-state index is 11.7. The first-order valence-corrected chi connectivity index (χ1v) is 6.25. The van der Waals surface area contributed by atoms with E-state index in [0.717, 1.165) is 13.0 Å². The molecule has 1 aromatic rings. The number of nitrogens with one attached hydrogen (secondary N) is 1. The Hall–Kier alpha value is -0.590. The van der Waals surface area contributed by atoms with Crippen molar-refractivity contribution in [2.75, 3.05) is 6.54 Å². The van der Waals surface area contributed by atoms with E-state index in [1.807, 2.05) is 17.7 Å². The highest BCUT2D eigenvalue weighted by atomic mass is 127. The van der Waals surface area contributed by atoms with Crippen molar-refractivity contribution in [3.05, 3.63) is 18.7 Å². The molecule has 1 amide bonds. The summed E-state index contributed by atoms with van der Waals surface area (Å²) < 4.78 is 2.46. The number of nitrogens with zero attached hydrogens (tertiary/aromatic N) is 2. The van der Waals surface area contributed by atoms with Crippen LogP contribution in [0.3, 0.4) is 0 Å². The van der Waals surface area contributed by atoms with Crippen molar-refractivity contribution in [1.82, 2.24) is 14.9 Å². The van der Waals surface area contributed by atoms with Crippen LogP contribution in [0.5, 0.6) is 0 Å². The van der Waals surface area contributed by atoms with Crippen LogP contribution >= 0.6 is 22.6 Å². The number of imidazole rings is 1. The van der Waals surface area contributed by atoms with Gasteiger partial charge in [0.05, 0.1) is 11.7 Å². The van der Waals surface area contributed by atoms with Crippen LogP contribution in [-0.4, -0.2) is 25.9 Å². The van der Waals surface area contributed by atoms with Gasteiger partial charge in [0.25, 0.3) is 0 Å². The van der Waals surface area contributed by atoms with E-state index < -0.39 is 0 Å². The van der Waals surface area contributed by atoms with Crippen LogP contribution in [0.4, 0.5) is 0 Å². The van der Waals surface area contributed by atoms with E-state index in [4.69, 9.17) is 0 Å². The van der Waals surface area contributed by atoms with Gasteiger partial charge in [-0.3, -0.25) is 4.79 Å². The Balaban J connectivity index is 1.73. The smallest absolute Gasteiger partial charge is 0.227 e. The van der Waals surface area contributed by atoms with Gasteiger partial charge in [0, 0.05) is 29.4 Å². The summed E-state index contributed by atoms with van der Waals surface area (Å²) in [5.74, 6) is 0.182. The molecular formula is C10H14IN3O. The first-order chi connectivity index (χ1) is 7.13. The molecule has 1 heterocycles. The van der Waals surface area contributed by atoms with E-state index in [1.165, 1.54) is 0 Å². The van der Waals surface area contributed by atoms with Crippen molar-refractivity contribution in [3.63, 3.8) is 0 Å². The fourth-order valence-corrected chi connectivity index (χ4v) is 2.67. The number of amides is 1. The van der Waals surface area contributed by atoms with Crippen LogP contribution in [0.2, 0.25) is 0 Å². The zero-order valence-electron chi connectivity index (χ0n) is 8.61. The quantitative estimate of drug-likeness (QED) is 0.670. The number of halogens is 1. The third-order valence-electron chi connectivity index (χ3n) is 2.87. The predicted molar refractivity (Wildman–Crippen MR) is 65.8 cm³/mol. The van der Waals surface area contributed by atoms with E-state index in [9.17, 15) is 4.79 Å². The summed E-state index contributed by atoms with van der Waals surface area (Å²) in [4.78, 5) is 15.7. The average molecular weight is 319 g/mol. The highest BCUT2D eigenvalue weighted by Crippen LogP contribution is 2.51. The molecule has 15 heavy (non-hydrogen) atoms. The number of hydrogen-bond acceptors (Lipinski definition) is 2. The Morgan fingerprint density at radius 1 is 1.80 bits per heavy atom. The van der Waals surface area contributed by atoms with Gasteiger partial charge in [0.2, 0.25) is 5.91 Å². The summed E-state index contributed by atoms with van der Waals surface area (Å²) in [5.41, 5.74) is -0.116. The first-order valence-electron chi connectivity index (χ1n) is 5.01. The van der Waals surface area contributed by atoms with Crippen molar-refractivity contribution in [2.24, 2.45) is 5.41 Å². The lowest BCUT2D eigenvalue weighted by Gasteiger charge is -2.10. The number of rotatable bonds is 4. The average Bonchev–Trinajstić information content (AvgIpc) is 2.69. The molecule has 0 saturated heterocycles. The molecule has 0 aromatic carbocycles. The lowest BCUT2D eigenvalue weighted by molar-refractivity contribution is -0.125. The van der Waals surface area contributed by atoms with Crippen molar-refractivity contribution in [3.8, 4) is 0 Å². The molecule has 2 rings (SSSR count). The SMILES string of the molecule is CC1(C(=O)NCCn2ccnc2)CC1I. The van der Waals surface area contributed by atoms with Crippen LogP contribution in [0.25, 0.3) is 0 Å². The summed E-state index contributed by atoms with van der Waals surface area (Å²) in [6, 6.07) is 0. The Morgan fingerprint density at radius 3 is 3.07 bits per heavy atom. The van der Waals surface area contributed by atoms with E-state index in [-0.39, 0.29) is 11.3 Å². The van der Waals surface area contributed by atoms with Crippen LogP contribution in [0.15, 0.2) is 18.7 Å². The van der Waals surface area contributed by atoms with E-state index in [0.29, 0.717) is 10.5 Å². The second-order valence-electron chi connectivity index (χ2n) is 4.15. The molecule has 1 fully saturated rings. The van der Waals surface area contributed by atoms with Gasteiger partial charge < -0.3 is 9.88 Å². The second kappa shape index (κ2) is 4.11. The summed E-state index contributed by atoms with van der Waals surface area (Å²) in [5, 5.41) is 2.96. The zero-order chi connectivity index (χ0) is 10.9. The Labute approximate surface area is 103 Å². The van der Waals surface area contributed by atoms with Gasteiger partial charge in [-0.15, -0.1) is 0 Å². The molecule has 2 atom stereocenters. The lowest BCUT2D eigenvalue weighted by Crippen LogP contribution is -2.33. The molecule has 5 heteroatoms. The molecule has 1 aromatic heterocycles. The van der Waals surface area contributed by atoms with Gasteiger partial charge in [-0.1, -0.05) is 22.6 Å². The van der Waals surface area contributed by atoms with Gasteiger partial charge in [0.1, 0.15) is 0 Å². The van der Waals surface area contributed by atoms with Crippen LogP contribution < -0.4 is 5.32 Å². The monoisotopic (exact) mass is 319 g/mol. The van der Waals surface area contributed by atoms with Crippen molar-refractivity contribution in [2.45, 2.75) is 23.8 Å². The zero-order valence-corrected chi connectivity index (χ0v) is 10.8. The highest BCUT2D eigenvalue weighted by Gasteiger charge is 2.54. The molecule has 82 valence electrons. The number of aromatic nitrogens is 2. The van der Waals surface area contributed by atoms with E-state index in [1.54, 1.807) is 12.5 Å². The van der Waals surface area contributed by atoms with Crippen LogP contribution in [0.1, 0.15) is 13.3 Å². The summed E-state index contributed by atoms with van der Waals surface area (Å²) in [7, 11) is 0. The fraction of sp³-hybridized carbons (Fsp3) is 0.600. The van der Waals surface area contributed by atoms with Gasteiger partial charge in [-0.2, -0.15) is 0 Å². The second-order valence-corrected chi connectivity index (χ2v) is 5.65. The summed E-state index contributed by atoms with van der Waals surface area (Å²) in [6.07, 6.45) is 6.40. The summed E-state index contributed by atoms with van der Waals surface area (Å²) >= 11 is 2.33. The molecule has 0 radical (unpaired) electrons. The third kappa shape index (κ3) is 2.32. The van der Waals surface area contributed by atoms with Crippen molar-refractivity contribution < 1.29 is 4.79 Å². The Bertz CT molecular complexity index is 352. The number of carbonyl (C=O) groups is 1. The van der Waals surface area contributed by atoms with Crippen molar-refractivity contribution >= 4 is 28.5 Å². The minimum absolute atomic E-state index is 0.116. The molecule has 1 aliphatic rings. The number of carbonyl (C=O) groups excluding carboxylic acids is 1. The molecule has 1 N–H and O–H groups in total. The standard InChI is InChI=1S/C10H14IN3O/c1-10(6-8(10)11)9(15)13-3-5-14-4-2-12-7-14/h2,4,7-8H,3,5-6H2,1H3,(H,13,15). The van der Waals surface area contributed by atoms with E-state index >= 15 is 0 Å². The van der Waals surface area contributed by atoms with Gasteiger partial charge >= 0.3 is 0 Å². The molecule has 1 aliphatic carbocycles. The van der Waals surface area contributed by atoms with E-state index in [2.05, 4.69) is 32.9 Å². The van der Waals surface area contributed by atoms with Gasteiger partial charge in [-0.25, -0.2) is 4.98 Å². The largest absolute Gasteiger partial charge is 0.354 e. The lowest BCUT2D eigenvalue weighted by atomic mass is 10.1. The fourth-order valence-electron chi connectivity index (χ4n) is 1.47. The molecule has 0 bridgehead atoms. The predicted octanol–water partition coefficient (Wildman–Crippen LogP) is 1.21. The molecule has 1 saturated carbocycles. The maximum Gasteiger partial charge on any atom is 0.227 e. The minimum atomic E-state index is -0.116. The molecule has 4 nitrogen and oxygen atoms in total. The van der Waals surface area contributed by atoms with Crippen LogP contribution in [-0.2, 0) is 11.3 Å². The topological polar surface area (TPSA) is 46.9 Å². The molecular weight excluding hydrogens is 305 g/mol. The molecule has 0 aliphatic heterocycles. The summed E-state index contributed by atoms with van der Waals surface area (Å²) in [6.45, 7) is 3.48. The Morgan fingerprint density at radius 2 is 2.53 bits per heavy atom. The van der Waals surface area contributed by atoms with Crippen LogP contribution in [0, 0.1) is 5.41 Å². The Kier molecular flexibility index (Phi) is 2.99. The van der Waals surface area contributed by atoms with Gasteiger partial charge in [-0.05, 0) is 13.3 Å². The highest BCUT2D eigenvalue weighted by molar-refractivity contribution is 14.1. The molecule has 0 spiro atoms.